The molecule has 0 radical (unpaired) electrons. The Kier molecular flexibility index (Phi) is 5.51. The highest BCUT2D eigenvalue weighted by Crippen LogP contribution is 2.10. The van der Waals surface area contributed by atoms with Gasteiger partial charge in [-0.3, -0.25) is 0 Å². The first-order chi connectivity index (χ1) is 7.36. The predicted molar refractivity (Wildman–Crippen MR) is 61.2 cm³/mol. The lowest BCUT2D eigenvalue weighted by Crippen LogP contribution is -2.04. The van der Waals surface area contributed by atoms with Crippen LogP contribution in [0.1, 0.15) is 33.1 Å². The van der Waals surface area contributed by atoms with Gasteiger partial charge in [-0.15, -0.1) is 0 Å². The molecular weight excluding hydrogens is 190 g/mol. The van der Waals surface area contributed by atoms with Crippen LogP contribution in [0, 0.1) is 0 Å². The Morgan fingerprint density at radius 2 is 2.13 bits per heavy atom. The molecule has 0 aromatic carbocycles. The Labute approximate surface area is 91.1 Å². The Morgan fingerprint density at radius 1 is 1.27 bits per heavy atom. The van der Waals surface area contributed by atoms with Gasteiger partial charge in [-0.2, -0.15) is 0 Å². The molecule has 0 aliphatic heterocycles. The van der Waals surface area contributed by atoms with E-state index in [1.54, 1.807) is 0 Å². The number of ether oxygens (including phenoxy) is 1. The maximum Gasteiger partial charge on any atom is 0.218 e. The number of unbranched alkanes of at least 4 members (excludes halogenated alkanes) is 2. The molecular formula is C11H19N3O. The number of anilines is 1. The molecule has 4 heteroatoms. The predicted octanol–water partition coefficient (Wildman–Crippen LogP) is 2.48. The van der Waals surface area contributed by atoms with Crippen molar-refractivity contribution < 1.29 is 4.74 Å². The molecule has 1 rings (SSSR count). The van der Waals surface area contributed by atoms with Crippen LogP contribution in [0.15, 0.2) is 12.4 Å². The summed E-state index contributed by atoms with van der Waals surface area (Å²) in [6, 6.07) is 1.83. The van der Waals surface area contributed by atoms with E-state index in [4.69, 9.17) is 4.74 Å². The molecule has 1 aromatic heterocycles. The molecule has 84 valence electrons. The van der Waals surface area contributed by atoms with Gasteiger partial charge in [-0.25, -0.2) is 9.97 Å². The third-order valence-corrected chi connectivity index (χ3v) is 2.02. The number of aromatic nitrogens is 2. The van der Waals surface area contributed by atoms with Crippen molar-refractivity contribution in [3.63, 3.8) is 0 Å². The molecule has 1 N–H and O–H groups in total. The largest absolute Gasteiger partial charge is 0.478 e. The SMILES string of the molecule is CCCCCNc1cc(OCC)ncn1. The van der Waals surface area contributed by atoms with Gasteiger partial charge in [-0.05, 0) is 13.3 Å². The van der Waals surface area contributed by atoms with Crippen molar-refractivity contribution in [3.05, 3.63) is 12.4 Å². The average molecular weight is 209 g/mol. The van der Waals surface area contributed by atoms with Crippen LogP contribution in [-0.2, 0) is 0 Å². The zero-order valence-corrected chi connectivity index (χ0v) is 9.49. The Bertz CT molecular complexity index is 278. The monoisotopic (exact) mass is 209 g/mol. The average Bonchev–Trinajstić information content (AvgIpc) is 2.26. The van der Waals surface area contributed by atoms with E-state index < -0.39 is 0 Å². The summed E-state index contributed by atoms with van der Waals surface area (Å²) in [7, 11) is 0. The molecule has 0 saturated carbocycles. The molecule has 0 aliphatic carbocycles. The first-order valence-corrected chi connectivity index (χ1v) is 5.55. The van der Waals surface area contributed by atoms with Gasteiger partial charge in [0.25, 0.3) is 0 Å². The van der Waals surface area contributed by atoms with Crippen LogP contribution in [0.4, 0.5) is 5.82 Å². The van der Waals surface area contributed by atoms with E-state index in [0.717, 1.165) is 12.4 Å². The van der Waals surface area contributed by atoms with Gasteiger partial charge in [-0.1, -0.05) is 19.8 Å². The zero-order valence-electron chi connectivity index (χ0n) is 9.49. The molecule has 0 aliphatic rings. The smallest absolute Gasteiger partial charge is 0.218 e. The number of nitrogens with one attached hydrogen (secondary N) is 1. The van der Waals surface area contributed by atoms with Crippen LogP contribution in [0.2, 0.25) is 0 Å². The summed E-state index contributed by atoms with van der Waals surface area (Å²) >= 11 is 0. The summed E-state index contributed by atoms with van der Waals surface area (Å²) in [5.74, 6) is 1.47. The van der Waals surface area contributed by atoms with Gasteiger partial charge in [0.2, 0.25) is 5.88 Å². The minimum Gasteiger partial charge on any atom is -0.478 e. The van der Waals surface area contributed by atoms with Crippen molar-refractivity contribution in [3.8, 4) is 5.88 Å². The van der Waals surface area contributed by atoms with Crippen LogP contribution in [0.5, 0.6) is 5.88 Å². The summed E-state index contributed by atoms with van der Waals surface area (Å²) in [5.41, 5.74) is 0. The maximum atomic E-state index is 5.28. The molecule has 0 atom stereocenters. The van der Waals surface area contributed by atoms with Gasteiger partial charge in [0.15, 0.2) is 0 Å². The lowest BCUT2D eigenvalue weighted by Gasteiger charge is -2.06. The molecule has 1 heterocycles. The molecule has 0 saturated heterocycles. The number of hydrogen-bond donors (Lipinski definition) is 1. The van der Waals surface area contributed by atoms with Crippen LogP contribution in [0.3, 0.4) is 0 Å². The van der Waals surface area contributed by atoms with E-state index in [-0.39, 0.29) is 0 Å². The van der Waals surface area contributed by atoms with Crippen molar-refractivity contribution in [2.45, 2.75) is 33.1 Å². The second-order valence-corrected chi connectivity index (χ2v) is 3.31. The molecule has 1 aromatic rings. The molecule has 0 bridgehead atoms. The molecule has 0 fully saturated rings. The summed E-state index contributed by atoms with van der Waals surface area (Å²) < 4.78 is 5.28. The fraction of sp³-hybridized carbons (Fsp3) is 0.636. The second kappa shape index (κ2) is 7.04. The van der Waals surface area contributed by atoms with Crippen molar-refractivity contribution in [2.75, 3.05) is 18.5 Å². The second-order valence-electron chi connectivity index (χ2n) is 3.31. The highest BCUT2D eigenvalue weighted by atomic mass is 16.5. The van der Waals surface area contributed by atoms with Crippen LogP contribution in [0.25, 0.3) is 0 Å². The van der Waals surface area contributed by atoms with Crippen LogP contribution >= 0.6 is 0 Å². The topological polar surface area (TPSA) is 47.0 Å². The van der Waals surface area contributed by atoms with Gasteiger partial charge < -0.3 is 10.1 Å². The Hall–Kier alpha value is -1.32. The van der Waals surface area contributed by atoms with Gasteiger partial charge in [0.05, 0.1) is 6.61 Å². The van der Waals surface area contributed by atoms with Crippen molar-refractivity contribution >= 4 is 5.82 Å². The van der Waals surface area contributed by atoms with E-state index in [9.17, 15) is 0 Å². The number of nitrogens with zero attached hydrogens (tertiary/aromatic N) is 2. The van der Waals surface area contributed by atoms with Gasteiger partial charge in [0, 0.05) is 12.6 Å². The summed E-state index contributed by atoms with van der Waals surface area (Å²) in [6.45, 7) is 5.72. The standard InChI is InChI=1S/C11H19N3O/c1-3-5-6-7-12-10-8-11(15-4-2)14-9-13-10/h8-9H,3-7H2,1-2H3,(H,12,13,14). The quantitative estimate of drug-likeness (QED) is 0.701. The lowest BCUT2D eigenvalue weighted by atomic mass is 10.2. The molecule has 4 nitrogen and oxygen atoms in total. The van der Waals surface area contributed by atoms with Crippen LogP contribution in [-0.4, -0.2) is 23.1 Å². The normalized spacial score (nSPS) is 10.0. The van der Waals surface area contributed by atoms with Crippen LogP contribution < -0.4 is 10.1 Å². The minimum atomic E-state index is 0.630. The van der Waals surface area contributed by atoms with Crippen molar-refractivity contribution in [2.24, 2.45) is 0 Å². The van der Waals surface area contributed by atoms with Gasteiger partial charge in [0.1, 0.15) is 12.1 Å². The lowest BCUT2D eigenvalue weighted by molar-refractivity contribution is 0.326. The molecule has 0 amide bonds. The summed E-state index contributed by atoms with van der Waals surface area (Å²) in [5, 5.41) is 3.25. The fourth-order valence-corrected chi connectivity index (χ4v) is 1.25. The first kappa shape index (κ1) is 11.8. The third-order valence-electron chi connectivity index (χ3n) is 2.02. The first-order valence-electron chi connectivity index (χ1n) is 5.55. The van der Waals surface area contributed by atoms with E-state index in [1.807, 2.05) is 13.0 Å². The van der Waals surface area contributed by atoms with Crippen molar-refractivity contribution in [1.82, 2.24) is 9.97 Å². The Balaban J connectivity index is 2.36. The van der Waals surface area contributed by atoms with E-state index >= 15 is 0 Å². The molecule has 0 spiro atoms. The Morgan fingerprint density at radius 3 is 2.87 bits per heavy atom. The highest BCUT2D eigenvalue weighted by molar-refractivity contribution is 5.36. The van der Waals surface area contributed by atoms with E-state index in [2.05, 4.69) is 22.2 Å². The van der Waals surface area contributed by atoms with Crippen molar-refractivity contribution in [1.29, 1.82) is 0 Å². The summed E-state index contributed by atoms with van der Waals surface area (Å²) in [4.78, 5) is 8.12. The summed E-state index contributed by atoms with van der Waals surface area (Å²) in [6.07, 6.45) is 5.17. The van der Waals surface area contributed by atoms with E-state index in [1.165, 1.54) is 25.6 Å². The number of hydrogen-bond acceptors (Lipinski definition) is 4. The fourth-order valence-electron chi connectivity index (χ4n) is 1.25. The molecule has 0 unspecified atom stereocenters. The maximum absolute atomic E-state index is 5.28. The minimum absolute atomic E-state index is 0.630. The van der Waals surface area contributed by atoms with Gasteiger partial charge >= 0.3 is 0 Å². The number of rotatable bonds is 7. The third kappa shape index (κ3) is 4.63. The molecule has 15 heavy (non-hydrogen) atoms. The highest BCUT2D eigenvalue weighted by Gasteiger charge is 1.97. The zero-order chi connectivity index (χ0) is 10.9. The van der Waals surface area contributed by atoms with E-state index in [0.29, 0.717) is 12.5 Å².